The van der Waals surface area contributed by atoms with E-state index in [-0.39, 0.29) is 31.3 Å². The van der Waals surface area contributed by atoms with Crippen molar-refractivity contribution in [3.8, 4) is 0 Å². The van der Waals surface area contributed by atoms with Gasteiger partial charge < -0.3 is 19.5 Å². The Bertz CT molecular complexity index is 1330. The van der Waals surface area contributed by atoms with E-state index in [1.807, 2.05) is 4.90 Å². The maximum Gasteiger partial charge on any atom is 0.250 e. The quantitative estimate of drug-likeness (QED) is 0.143. The Morgan fingerprint density at radius 3 is 2.16 bits per heavy atom. The summed E-state index contributed by atoms with van der Waals surface area (Å²) in [7, 11) is 0. The van der Waals surface area contributed by atoms with Crippen molar-refractivity contribution in [1.82, 2.24) is 5.32 Å². The largest absolute Gasteiger partial charge is 0.465 e. The third kappa shape index (κ3) is 5.86. The number of amides is 1. The second kappa shape index (κ2) is 11.2. The zero-order valence-corrected chi connectivity index (χ0v) is 20.4. The summed E-state index contributed by atoms with van der Waals surface area (Å²) < 4.78 is 73.9. The fraction of sp³-hybridized carbons (Fsp3) is 0.167. The Hall–Kier alpha value is -3.64. The maximum absolute atomic E-state index is 14.2. The molecule has 0 atom stereocenters. The number of hydrogen-bond acceptors (Lipinski definition) is 5. The van der Waals surface area contributed by atoms with Crippen molar-refractivity contribution in [2.45, 2.75) is 0 Å². The summed E-state index contributed by atoms with van der Waals surface area (Å²) in [5, 5.41) is 5.68. The van der Waals surface area contributed by atoms with Crippen LogP contribution < -0.4 is 20.4 Å². The summed E-state index contributed by atoms with van der Waals surface area (Å²) in [6, 6.07) is 8.28. The molecule has 1 aliphatic rings. The molecule has 1 aliphatic heterocycles. The number of furan rings is 1. The van der Waals surface area contributed by atoms with Crippen LogP contribution in [0.2, 0.25) is 5.02 Å². The van der Waals surface area contributed by atoms with E-state index in [0.717, 1.165) is 4.90 Å². The first-order chi connectivity index (χ1) is 17.7. The first-order valence-electron chi connectivity index (χ1n) is 10.8. The van der Waals surface area contributed by atoms with Gasteiger partial charge in [0.1, 0.15) is 11.4 Å². The Morgan fingerprint density at radius 2 is 1.57 bits per heavy atom. The Labute approximate surface area is 218 Å². The molecule has 0 radical (unpaired) electrons. The van der Waals surface area contributed by atoms with Crippen molar-refractivity contribution in [3.63, 3.8) is 0 Å². The number of anilines is 3. The van der Waals surface area contributed by atoms with Gasteiger partial charge in [-0.15, -0.1) is 0 Å². The number of thiocarbonyl (C=S) groups is 1. The van der Waals surface area contributed by atoms with Crippen molar-refractivity contribution < 1.29 is 31.2 Å². The van der Waals surface area contributed by atoms with Crippen LogP contribution in [0.25, 0.3) is 6.08 Å². The van der Waals surface area contributed by atoms with Crippen LogP contribution in [0.5, 0.6) is 0 Å². The summed E-state index contributed by atoms with van der Waals surface area (Å²) in [5.41, 5.74) is 0.144. The van der Waals surface area contributed by atoms with Gasteiger partial charge in [-0.1, -0.05) is 11.6 Å². The molecule has 2 N–H and O–H groups in total. The molecule has 13 heteroatoms. The first-order valence-corrected chi connectivity index (χ1v) is 11.6. The minimum absolute atomic E-state index is 0.00365. The van der Waals surface area contributed by atoms with Gasteiger partial charge in [-0.05, 0) is 48.6 Å². The average molecular weight is 557 g/mol. The molecule has 0 spiro atoms. The molecular weight excluding hydrogens is 539 g/mol. The molecule has 1 aromatic heterocycles. The topological polar surface area (TPSA) is 60.8 Å². The van der Waals surface area contributed by atoms with Crippen LogP contribution in [0.3, 0.4) is 0 Å². The molecule has 0 saturated carbocycles. The third-order valence-electron chi connectivity index (χ3n) is 5.51. The third-order valence-corrected chi connectivity index (χ3v) is 6.01. The SMILES string of the molecule is O=C(C=Cc1ccco1)NC(=S)Nc1ccc(N2CCN(c3c(F)c(F)c(F)c(F)c3F)CC2)c(Cl)c1. The Balaban J connectivity index is 1.36. The molecule has 1 saturated heterocycles. The Morgan fingerprint density at radius 1 is 0.946 bits per heavy atom. The molecule has 3 aromatic rings. The highest BCUT2D eigenvalue weighted by atomic mass is 35.5. The summed E-state index contributed by atoms with van der Waals surface area (Å²) in [6.07, 6.45) is 4.22. The lowest BCUT2D eigenvalue weighted by atomic mass is 10.2. The highest BCUT2D eigenvalue weighted by Crippen LogP contribution is 2.33. The Kier molecular flexibility index (Phi) is 7.98. The molecule has 2 heterocycles. The number of rotatable bonds is 5. The van der Waals surface area contributed by atoms with Crippen molar-refractivity contribution in [1.29, 1.82) is 0 Å². The van der Waals surface area contributed by atoms with Crippen molar-refractivity contribution in [3.05, 3.63) is 82.5 Å². The number of nitrogens with one attached hydrogen (secondary N) is 2. The van der Waals surface area contributed by atoms with Gasteiger partial charge in [0.2, 0.25) is 11.7 Å². The fourth-order valence-electron chi connectivity index (χ4n) is 3.74. The molecule has 37 heavy (non-hydrogen) atoms. The lowest BCUT2D eigenvalue weighted by molar-refractivity contribution is -0.115. The molecule has 194 valence electrons. The molecule has 1 fully saturated rings. The van der Waals surface area contributed by atoms with Crippen LogP contribution in [0, 0.1) is 29.1 Å². The number of halogens is 6. The van der Waals surface area contributed by atoms with Gasteiger partial charge >= 0.3 is 0 Å². The minimum Gasteiger partial charge on any atom is -0.465 e. The van der Waals surface area contributed by atoms with Gasteiger partial charge in [-0.3, -0.25) is 10.1 Å². The van der Waals surface area contributed by atoms with E-state index in [9.17, 15) is 26.7 Å². The predicted molar refractivity (Wildman–Crippen MR) is 134 cm³/mol. The highest BCUT2D eigenvalue weighted by Gasteiger charge is 2.31. The zero-order valence-electron chi connectivity index (χ0n) is 18.8. The van der Waals surface area contributed by atoms with Gasteiger partial charge in [0, 0.05) is 37.9 Å². The van der Waals surface area contributed by atoms with E-state index in [1.54, 1.807) is 30.3 Å². The van der Waals surface area contributed by atoms with E-state index < -0.39 is 40.7 Å². The zero-order chi connectivity index (χ0) is 26.7. The van der Waals surface area contributed by atoms with Gasteiger partial charge in [0.05, 0.1) is 17.0 Å². The summed E-state index contributed by atoms with van der Waals surface area (Å²) >= 11 is 11.6. The highest BCUT2D eigenvalue weighted by molar-refractivity contribution is 7.80. The van der Waals surface area contributed by atoms with Gasteiger partial charge in [-0.25, -0.2) is 22.0 Å². The molecule has 6 nitrogen and oxygen atoms in total. The van der Waals surface area contributed by atoms with Gasteiger partial charge in [-0.2, -0.15) is 0 Å². The molecule has 2 aromatic carbocycles. The monoisotopic (exact) mass is 556 g/mol. The van der Waals surface area contributed by atoms with Crippen LogP contribution >= 0.6 is 23.8 Å². The molecule has 0 unspecified atom stereocenters. The van der Waals surface area contributed by atoms with Crippen LogP contribution in [-0.2, 0) is 4.79 Å². The van der Waals surface area contributed by atoms with E-state index in [0.29, 0.717) is 22.2 Å². The summed E-state index contributed by atoms with van der Waals surface area (Å²) in [5.74, 6) is -9.85. The molecule has 1 amide bonds. The van der Waals surface area contributed by atoms with E-state index in [2.05, 4.69) is 10.6 Å². The minimum atomic E-state index is -2.19. The average Bonchev–Trinajstić information content (AvgIpc) is 3.40. The molecule has 4 rings (SSSR count). The van der Waals surface area contributed by atoms with Crippen LogP contribution in [0.15, 0.2) is 47.1 Å². The maximum atomic E-state index is 14.2. The van der Waals surface area contributed by atoms with Crippen LogP contribution in [0.1, 0.15) is 5.76 Å². The first kappa shape index (κ1) is 26.4. The van der Waals surface area contributed by atoms with E-state index in [4.69, 9.17) is 28.2 Å². The van der Waals surface area contributed by atoms with Gasteiger partial charge in [0.15, 0.2) is 28.4 Å². The number of carbonyl (C=O) groups is 1. The smallest absolute Gasteiger partial charge is 0.250 e. The standard InChI is InChI=1S/C24H18ClF5N4O2S/c25-15-12-13(31-24(37)32-17(35)6-4-14-2-1-11-36-14)3-5-16(15)33-7-9-34(10-8-33)23-21(29)19(27)18(26)20(28)22(23)30/h1-6,11-12H,7-10H2,(H2,31,32,35,37). The van der Waals surface area contributed by atoms with Crippen LogP contribution in [-0.4, -0.2) is 37.2 Å². The predicted octanol–water partition coefficient (Wildman–Crippen LogP) is 5.48. The van der Waals surface area contributed by atoms with E-state index in [1.165, 1.54) is 18.4 Å². The normalized spacial score (nSPS) is 13.8. The molecular formula is C24H18ClF5N4O2S. The number of benzene rings is 2. The number of hydrogen-bond donors (Lipinski definition) is 2. The lowest BCUT2D eigenvalue weighted by Gasteiger charge is -2.38. The number of carbonyl (C=O) groups excluding carboxylic acids is 1. The van der Waals surface area contributed by atoms with Crippen molar-refractivity contribution >= 4 is 58.0 Å². The van der Waals surface area contributed by atoms with Crippen LogP contribution in [0.4, 0.5) is 39.0 Å². The van der Waals surface area contributed by atoms with Crippen molar-refractivity contribution in [2.24, 2.45) is 0 Å². The van der Waals surface area contributed by atoms with Crippen molar-refractivity contribution in [2.75, 3.05) is 41.3 Å². The van der Waals surface area contributed by atoms with Gasteiger partial charge in [0.25, 0.3) is 0 Å². The fourth-order valence-corrected chi connectivity index (χ4v) is 4.26. The number of piperazine rings is 1. The number of nitrogens with zero attached hydrogens (tertiary/aromatic N) is 2. The molecule has 0 bridgehead atoms. The molecule has 0 aliphatic carbocycles. The second-order valence-corrected chi connectivity index (χ2v) is 8.67. The summed E-state index contributed by atoms with van der Waals surface area (Å²) in [4.78, 5) is 14.9. The van der Waals surface area contributed by atoms with E-state index >= 15 is 0 Å². The second-order valence-electron chi connectivity index (χ2n) is 7.85. The summed E-state index contributed by atoms with van der Waals surface area (Å²) in [6.45, 7) is 0.414. The lowest BCUT2D eigenvalue weighted by Crippen LogP contribution is -2.47.